The summed E-state index contributed by atoms with van der Waals surface area (Å²) in [5.41, 5.74) is 1.33. The van der Waals surface area contributed by atoms with E-state index in [1.54, 1.807) is 11.1 Å². The fourth-order valence-corrected chi connectivity index (χ4v) is 3.00. The van der Waals surface area contributed by atoms with Gasteiger partial charge in [-0.25, -0.2) is 4.79 Å². The molecule has 132 valence electrons. The molecule has 1 atom stereocenters. The second-order valence-electron chi connectivity index (χ2n) is 5.87. The van der Waals surface area contributed by atoms with E-state index in [0.29, 0.717) is 18.8 Å². The number of nitrogens with zero attached hydrogens (tertiary/aromatic N) is 3. The van der Waals surface area contributed by atoms with Crippen molar-refractivity contribution < 1.29 is 14.5 Å². The topological polar surface area (TPSA) is 113 Å². The maximum absolute atomic E-state index is 12.6. The van der Waals surface area contributed by atoms with E-state index < -0.39 is 4.92 Å². The lowest BCUT2D eigenvalue weighted by atomic mass is 9.95. The first kappa shape index (κ1) is 16.7. The van der Waals surface area contributed by atoms with Crippen LogP contribution in [0.15, 0.2) is 30.5 Å². The first-order chi connectivity index (χ1) is 12.1. The zero-order chi connectivity index (χ0) is 17.8. The number of carbonyl (C=O) groups is 1. The van der Waals surface area contributed by atoms with E-state index in [-0.39, 0.29) is 23.4 Å². The van der Waals surface area contributed by atoms with Gasteiger partial charge in [-0.2, -0.15) is 5.10 Å². The summed E-state index contributed by atoms with van der Waals surface area (Å²) >= 11 is 0. The summed E-state index contributed by atoms with van der Waals surface area (Å²) in [6.45, 7) is 1.25. The van der Waals surface area contributed by atoms with Crippen LogP contribution in [0.4, 0.5) is 16.2 Å². The molecule has 2 amide bonds. The Hall–Kier alpha value is -3.10. The molecule has 3 rings (SSSR count). The summed E-state index contributed by atoms with van der Waals surface area (Å²) in [7, 11) is 1.41. The highest BCUT2D eigenvalue weighted by Crippen LogP contribution is 2.30. The average molecular weight is 345 g/mol. The quantitative estimate of drug-likeness (QED) is 0.653. The van der Waals surface area contributed by atoms with Crippen molar-refractivity contribution in [2.24, 2.45) is 0 Å². The van der Waals surface area contributed by atoms with Gasteiger partial charge in [0.1, 0.15) is 5.75 Å². The summed E-state index contributed by atoms with van der Waals surface area (Å²) in [6, 6.07) is 5.77. The Kier molecular flexibility index (Phi) is 4.82. The number of piperidine rings is 1. The molecular formula is C16H19N5O4. The van der Waals surface area contributed by atoms with E-state index in [1.165, 1.54) is 25.3 Å². The van der Waals surface area contributed by atoms with Crippen LogP contribution in [-0.4, -0.2) is 46.3 Å². The van der Waals surface area contributed by atoms with Crippen LogP contribution in [0.2, 0.25) is 0 Å². The van der Waals surface area contributed by atoms with Gasteiger partial charge in [0.15, 0.2) is 0 Å². The van der Waals surface area contributed by atoms with Crippen LogP contribution in [0.5, 0.6) is 5.75 Å². The van der Waals surface area contributed by atoms with E-state index in [1.807, 2.05) is 6.07 Å². The van der Waals surface area contributed by atoms with Gasteiger partial charge in [0.2, 0.25) is 0 Å². The Balaban J connectivity index is 1.70. The minimum atomic E-state index is -0.506. The number of ether oxygens (including phenoxy) is 1. The van der Waals surface area contributed by atoms with Crippen molar-refractivity contribution in [1.29, 1.82) is 0 Å². The highest BCUT2D eigenvalue weighted by atomic mass is 16.6. The number of nitro benzene ring substituents is 1. The predicted octanol–water partition coefficient (Wildman–Crippen LogP) is 2.74. The van der Waals surface area contributed by atoms with Gasteiger partial charge >= 0.3 is 6.03 Å². The molecule has 1 fully saturated rings. The third-order valence-corrected chi connectivity index (χ3v) is 4.31. The largest absolute Gasteiger partial charge is 0.494 e. The van der Waals surface area contributed by atoms with Gasteiger partial charge in [-0.15, -0.1) is 0 Å². The molecule has 9 heteroatoms. The van der Waals surface area contributed by atoms with Crippen LogP contribution in [-0.2, 0) is 0 Å². The number of likely N-dealkylation sites (tertiary alicyclic amines) is 1. The highest BCUT2D eigenvalue weighted by molar-refractivity contribution is 5.91. The molecule has 0 aliphatic carbocycles. The molecule has 0 radical (unpaired) electrons. The first-order valence-corrected chi connectivity index (χ1v) is 7.96. The second-order valence-corrected chi connectivity index (χ2v) is 5.87. The Morgan fingerprint density at radius 2 is 2.32 bits per heavy atom. The highest BCUT2D eigenvalue weighted by Gasteiger charge is 2.26. The monoisotopic (exact) mass is 345 g/mol. The SMILES string of the molecule is COc1cc([N+](=O)[O-])ccc1NC(=O)N1CCC[C@H](c2ccn[nH]2)C1. The zero-order valence-electron chi connectivity index (χ0n) is 13.8. The maximum atomic E-state index is 12.6. The fourth-order valence-electron chi connectivity index (χ4n) is 3.00. The number of hydrogen-bond donors (Lipinski definition) is 2. The van der Waals surface area contributed by atoms with E-state index in [9.17, 15) is 14.9 Å². The van der Waals surface area contributed by atoms with Gasteiger partial charge in [-0.3, -0.25) is 15.2 Å². The Morgan fingerprint density at radius 3 is 3.00 bits per heavy atom. The zero-order valence-corrected chi connectivity index (χ0v) is 13.8. The summed E-state index contributed by atoms with van der Waals surface area (Å²) in [6.07, 6.45) is 3.59. The number of non-ortho nitro benzene ring substituents is 1. The standard InChI is InChI=1S/C16H19N5O4/c1-25-15-9-12(21(23)24)4-5-14(15)18-16(22)20-8-2-3-11(10-20)13-6-7-17-19-13/h4-7,9,11H,2-3,8,10H2,1H3,(H,17,19)(H,18,22)/t11-/m0/s1. The third-order valence-electron chi connectivity index (χ3n) is 4.31. The number of aromatic nitrogens is 2. The molecule has 2 heterocycles. The van der Waals surface area contributed by atoms with Crippen molar-refractivity contribution in [3.63, 3.8) is 0 Å². The first-order valence-electron chi connectivity index (χ1n) is 7.96. The van der Waals surface area contributed by atoms with E-state index in [4.69, 9.17) is 4.74 Å². The van der Waals surface area contributed by atoms with E-state index in [0.717, 1.165) is 18.5 Å². The number of urea groups is 1. The molecule has 2 N–H and O–H groups in total. The average Bonchev–Trinajstić information content (AvgIpc) is 3.16. The van der Waals surface area contributed by atoms with Crippen LogP contribution >= 0.6 is 0 Å². The summed E-state index contributed by atoms with van der Waals surface area (Å²) in [5, 5.41) is 20.5. The molecular weight excluding hydrogens is 326 g/mol. The number of carbonyl (C=O) groups excluding carboxylic acids is 1. The molecule has 1 aliphatic heterocycles. The van der Waals surface area contributed by atoms with Gasteiger partial charge in [0.05, 0.1) is 23.8 Å². The second kappa shape index (κ2) is 7.20. The van der Waals surface area contributed by atoms with Crippen molar-refractivity contribution in [3.05, 3.63) is 46.3 Å². The normalized spacial score (nSPS) is 17.2. The van der Waals surface area contributed by atoms with Gasteiger partial charge in [-0.05, 0) is 25.0 Å². The molecule has 0 saturated carbocycles. The molecule has 1 aromatic carbocycles. The Labute approximate surface area is 144 Å². The number of methoxy groups -OCH3 is 1. The predicted molar refractivity (Wildman–Crippen MR) is 90.8 cm³/mol. The molecule has 1 aromatic heterocycles. The number of nitro groups is 1. The number of amides is 2. The third kappa shape index (κ3) is 3.70. The molecule has 0 bridgehead atoms. The number of nitrogens with one attached hydrogen (secondary N) is 2. The van der Waals surface area contributed by atoms with Crippen molar-refractivity contribution >= 4 is 17.4 Å². The lowest BCUT2D eigenvalue weighted by Crippen LogP contribution is -2.41. The van der Waals surface area contributed by atoms with Crippen LogP contribution in [0.3, 0.4) is 0 Å². The van der Waals surface area contributed by atoms with Crippen LogP contribution in [0.25, 0.3) is 0 Å². The minimum absolute atomic E-state index is 0.0906. The van der Waals surface area contributed by atoms with Crippen LogP contribution in [0.1, 0.15) is 24.5 Å². The van der Waals surface area contributed by atoms with Gasteiger partial charge in [0, 0.05) is 37.0 Å². The lowest BCUT2D eigenvalue weighted by molar-refractivity contribution is -0.384. The van der Waals surface area contributed by atoms with Crippen LogP contribution < -0.4 is 10.1 Å². The smallest absolute Gasteiger partial charge is 0.321 e. The molecule has 0 spiro atoms. The van der Waals surface area contributed by atoms with Crippen LogP contribution in [0, 0.1) is 10.1 Å². The van der Waals surface area contributed by atoms with Crippen molar-refractivity contribution in [1.82, 2.24) is 15.1 Å². The molecule has 1 aliphatic rings. The molecule has 9 nitrogen and oxygen atoms in total. The number of rotatable bonds is 4. The van der Waals surface area contributed by atoms with E-state index in [2.05, 4.69) is 15.5 Å². The van der Waals surface area contributed by atoms with Crippen molar-refractivity contribution in [2.45, 2.75) is 18.8 Å². The molecule has 2 aromatic rings. The number of H-pyrrole nitrogens is 1. The van der Waals surface area contributed by atoms with Crippen molar-refractivity contribution in [3.8, 4) is 5.75 Å². The minimum Gasteiger partial charge on any atom is -0.494 e. The number of aromatic amines is 1. The van der Waals surface area contributed by atoms with Gasteiger partial charge in [-0.1, -0.05) is 0 Å². The van der Waals surface area contributed by atoms with E-state index >= 15 is 0 Å². The molecule has 25 heavy (non-hydrogen) atoms. The van der Waals surface area contributed by atoms with Gasteiger partial charge < -0.3 is 15.0 Å². The molecule has 1 saturated heterocycles. The fraction of sp³-hybridized carbons (Fsp3) is 0.375. The molecule has 0 unspecified atom stereocenters. The summed E-state index contributed by atoms with van der Waals surface area (Å²) < 4.78 is 5.15. The number of anilines is 1. The maximum Gasteiger partial charge on any atom is 0.321 e. The van der Waals surface area contributed by atoms with Crippen molar-refractivity contribution in [2.75, 3.05) is 25.5 Å². The number of benzene rings is 1. The Bertz CT molecular complexity index is 762. The van der Waals surface area contributed by atoms with Gasteiger partial charge in [0.25, 0.3) is 5.69 Å². The summed E-state index contributed by atoms with van der Waals surface area (Å²) in [4.78, 5) is 24.6. The summed E-state index contributed by atoms with van der Waals surface area (Å²) in [5.74, 6) is 0.477. The Morgan fingerprint density at radius 1 is 1.48 bits per heavy atom. The lowest BCUT2D eigenvalue weighted by Gasteiger charge is -2.32. The number of hydrogen-bond acceptors (Lipinski definition) is 5.